The highest BCUT2D eigenvalue weighted by atomic mass is 35.5. The maximum absolute atomic E-state index is 13.8. The SMILES string of the molecule is C[C@@H](N)c1ccc(OCc2ccc(F)cc2Cl)c(F)c1. The fourth-order valence-electron chi connectivity index (χ4n) is 1.71. The number of hydrogen-bond donors (Lipinski definition) is 1. The molecule has 2 N–H and O–H groups in total. The Labute approximate surface area is 121 Å². The van der Waals surface area contributed by atoms with Gasteiger partial charge in [-0.25, -0.2) is 8.78 Å². The van der Waals surface area contributed by atoms with Crippen LogP contribution in [0.1, 0.15) is 24.1 Å². The summed E-state index contributed by atoms with van der Waals surface area (Å²) in [7, 11) is 0. The Morgan fingerprint density at radius 1 is 1.20 bits per heavy atom. The average Bonchev–Trinajstić information content (AvgIpc) is 2.38. The zero-order chi connectivity index (χ0) is 14.7. The maximum Gasteiger partial charge on any atom is 0.165 e. The van der Waals surface area contributed by atoms with Crippen LogP contribution in [0.25, 0.3) is 0 Å². The van der Waals surface area contributed by atoms with Gasteiger partial charge in [0.1, 0.15) is 12.4 Å². The monoisotopic (exact) mass is 297 g/mol. The lowest BCUT2D eigenvalue weighted by molar-refractivity contribution is 0.290. The van der Waals surface area contributed by atoms with Gasteiger partial charge in [-0.1, -0.05) is 23.7 Å². The van der Waals surface area contributed by atoms with Crippen molar-refractivity contribution in [3.63, 3.8) is 0 Å². The summed E-state index contributed by atoms with van der Waals surface area (Å²) < 4.78 is 32.1. The van der Waals surface area contributed by atoms with Crippen molar-refractivity contribution in [1.82, 2.24) is 0 Å². The number of halogens is 3. The number of ether oxygens (including phenoxy) is 1. The number of rotatable bonds is 4. The highest BCUT2D eigenvalue weighted by Gasteiger charge is 2.09. The highest BCUT2D eigenvalue weighted by molar-refractivity contribution is 6.31. The zero-order valence-corrected chi connectivity index (χ0v) is 11.6. The van der Waals surface area contributed by atoms with Crippen LogP contribution < -0.4 is 10.5 Å². The second-order valence-electron chi connectivity index (χ2n) is 4.50. The van der Waals surface area contributed by atoms with Crippen LogP contribution in [0.2, 0.25) is 5.02 Å². The summed E-state index contributed by atoms with van der Waals surface area (Å²) in [6.45, 7) is 1.83. The fourth-order valence-corrected chi connectivity index (χ4v) is 1.93. The van der Waals surface area contributed by atoms with E-state index in [4.69, 9.17) is 22.1 Å². The van der Waals surface area contributed by atoms with Crippen LogP contribution >= 0.6 is 11.6 Å². The molecule has 5 heteroatoms. The molecule has 106 valence electrons. The smallest absolute Gasteiger partial charge is 0.165 e. The molecular weight excluding hydrogens is 284 g/mol. The van der Waals surface area contributed by atoms with Crippen molar-refractivity contribution in [3.8, 4) is 5.75 Å². The maximum atomic E-state index is 13.8. The van der Waals surface area contributed by atoms with Crippen molar-refractivity contribution in [1.29, 1.82) is 0 Å². The van der Waals surface area contributed by atoms with E-state index < -0.39 is 11.6 Å². The van der Waals surface area contributed by atoms with Crippen LogP contribution in [0, 0.1) is 11.6 Å². The summed E-state index contributed by atoms with van der Waals surface area (Å²) in [5, 5.41) is 0.248. The van der Waals surface area contributed by atoms with E-state index in [1.807, 2.05) is 0 Å². The largest absolute Gasteiger partial charge is 0.486 e. The zero-order valence-electron chi connectivity index (χ0n) is 10.9. The first kappa shape index (κ1) is 14.8. The van der Waals surface area contributed by atoms with Gasteiger partial charge in [0, 0.05) is 11.6 Å². The summed E-state index contributed by atoms with van der Waals surface area (Å²) >= 11 is 5.87. The molecule has 2 nitrogen and oxygen atoms in total. The molecule has 0 fully saturated rings. The van der Waals surface area contributed by atoms with E-state index in [0.717, 1.165) is 0 Å². The van der Waals surface area contributed by atoms with Crippen LogP contribution in [-0.2, 0) is 6.61 Å². The first-order chi connectivity index (χ1) is 9.47. The number of benzene rings is 2. The Hall–Kier alpha value is -1.65. The molecule has 2 aromatic rings. The third kappa shape index (κ3) is 3.46. The summed E-state index contributed by atoms with van der Waals surface area (Å²) in [6.07, 6.45) is 0. The molecule has 0 aliphatic rings. The predicted octanol–water partition coefficient (Wildman–Crippen LogP) is 4.22. The molecule has 0 spiro atoms. The number of hydrogen-bond acceptors (Lipinski definition) is 2. The summed E-state index contributed by atoms with van der Waals surface area (Å²) in [6, 6.07) is 8.29. The van der Waals surface area contributed by atoms with Crippen molar-refractivity contribution in [2.24, 2.45) is 5.73 Å². The Morgan fingerprint density at radius 3 is 2.55 bits per heavy atom. The van der Waals surface area contributed by atoms with Gasteiger partial charge in [0.25, 0.3) is 0 Å². The second-order valence-corrected chi connectivity index (χ2v) is 4.91. The highest BCUT2D eigenvalue weighted by Crippen LogP contribution is 2.24. The molecule has 0 amide bonds. The van der Waals surface area contributed by atoms with Gasteiger partial charge >= 0.3 is 0 Å². The summed E-state index contributed by atoms with van der Waals surface area (Å²) in [4.78, 5) is 0. The van der Waals surface area contributed by atoms with Crippen molar-refractivity contribution < 1.29 is 13.5 Å². The molecule has 0 aliphatic carbocycles. The molecule has 0 heterocycles. The van der Waals surface area contributed by atoms with Gasteiger partial charge in [-0.05, 0) is 36.8 Å². The lowest BCUT2D eigenvalue weighted by Crippen LogP contribution is -2.06. The van der Waals surface area contributed by atoms with E-state index in [0.29, 0.717) is 11.1 Å². The van der Waals surface area contributed by atoms with Gasteiger partial charge < -0.3 is 10.5 Å². The molecule has 2 rings (SSSR count). The molecule has 1 atom stereocenters. The summed E-state index contributed by atoms with van der Waals surface area (Å²) in [5.74, 6) is -0.806. The lowest BCUT2D eigenvalue weighted by Gasteiger charge is -2.11. The van der Waals surface area contributed by atoms with Crippen molar-refractivity contribution in [2.75, 3.05) is 0 Å². The Kier molecular flexibility index (Phi) is 4.57. The molecule has 0 aliphatic heterocycles. The molecular formula is C15H14ClF2NO. The van der Waals surface area contributed by atoms with Gasteiger partial charge in [0.2, 0.25) is 0 Å². The van der Waals surface area contributed by atoms with Gasteiger partial charge in [-0.3, -0.25) is 0 Å². The Bertz CT molecular complexity index is 617. The minimum Gasteiger partial charge on any atom is -0.486 e. The molecule has 0 saturated heterocycles. The van der Waals surface area contributed by atoms with Crippen LogP contribution in [0.3, 0.4) is 0 Å². The van der Waals surface area contributed by atoms with Crippen LogP contribution in [0.15, 0.2) is 36.4 Å². The van der Waals surface area contributed by atoms with E-state index in [1.54, 1.807) is 13.0 Å². The third-order valence-electron chi connectivity index (χ3n) is 2.88. The summed E-state index contributed by atoms with van der Waals surface area (Å²) in [5.41, 5.74) is 6.95. The molecule has 0 unspecified atom stereocenters. The molecule has 0 radical (unpaired) electrons. The van der Waals surface area contributed by atoms with Gasteiger partial charge in [-0.15, -0.1) is 0 Å². The quantitative estimate of drug-likeness (QED) is 0.917. The predicted molar refractivity (Wildman–Crippen MR) is 74.7 cm³/mol. The fraction of sp³-hybridized carbons (Fsp3) is 0.200. The molecule has 0 bridgehead atoms. The lowest BCUT2D eigenvalue weighted by atomic mass is 10.1. The standard InChI is InChI=1S/C15H14ClF2NO/c1-9(19)10-3-5-15(14(18)6-10)20-8-11-2-4-12(17)7-13(11)16/h2-7,9H,8,19H2,1H3/t9-/m1/s1. The van der Waals surface area contributed by atoms with Crippen LogP contribution in [-0.4, -0.2) is 0 Å². The van der Waals surface area contributed by atoms with Crippen molar-refractivity contribution >= 4 is 11.6 Å². The molecule has 20 heavy (non-hydrogen) atoms. The normalized spacial score (nSPS) is 12.2. The minimum atomic E-state index is -0.488. The first-order valence-electron chi connectivity index (χ1n) is 6.09. The van der Waals surface area contributed by atoms with E-state index in [2.05, 4.69) is 0 Å². The molecule has 2 aromatic carbocycles. The van der Waals surface area contributed by atoms with Gasteiger partial charge in [0.15, 0.2) is 11.6 Å². The Morgan fingerprint density at radius 2 is 1.95 bits per heavy atom. The molecule has 0 aromatic heterocycles. The van der Waals surface area contributed by atoms with Gasteiger partial charge in [0.05, 0.1) is 5.02 Å². The van der Waals surface area contributed by atoms with Crippen molar-refractivity contribution in [3.05, 3.63) is 64.2 Å². The Balaban J connectivity index is 2.11. The van der Waals surface area contributed by atoms with Gasteiger partial charge in [-0.2, -0.15) is 0 Å². The number of nitrogens with two attached hydrogens (primary N) is 1. The van der Waals surface area contributed by atoms with Crippen molar-refractivity contribution in [2.45, 2.75) is 19.6 Å². The minimum absolute atomic E-state index is 0.0631. The topological polar surface area (TPSA) is 35.2 Å². The average molecular weight is 298 g/mol. The van der Waals surface area contributed by atoms with Crippen LogP contribution in [0.5, 0.6) is 5.75 Å². The first-order valence-corrected chi connectivity index (χ1v) is 6.47. The van der Waals surface area contributed by atoms with E-state index >= 15 is 0 Å². The van der Waals surface area contributed by atoms with E-state index in [9.17, 15) is 8.78 Å². The third-order valence-corrected chi connectivity index (χ3v) is 3.23. The van der Waals surface area contributed by atoms with Crippen LogP contribution in [0.4, 0.5) is 8.78 Å². The second kappa shape index (κ2) is 6.20. The van der Waals surface area contributed by atoms with E-state index in [-0.39, 0.29) is 23.4 Å². The molecule has 0 saturated carbocycles. The van der Waals surface area contributed by atoms with E-state index in [1.165, 1.54) is 30.3 Å².